The van der Waals surface area contributed by atoms with Crippen molar-refractivity contribution in [2.45, 2.75) is 18.9 Å². The first kappa shape index (κ1) is 14.6. The Bertz CT molecular complexity index is 815. The summed E-state index contributed by atoms with van der Waals surface area (Å²) in [5.74, 6) is 0.562. The van der Waals surface area contributed by atoms with Crippen molar-refractivity contribution in [3.63, 3.8) is 0 Å². The van der Waals surface area contributed by atoms with Gasteiger partial charge in [-0.3, -0.25) is 14.9 Å². The number of benzene rings is 1. The number of nitrogens with zero attached hydrogens (tertiary/aromatic N) is 2. The number of fused-ring (bicyclic) bond motifs is 1. The first-order valence-electron chi connectivity index (χ1n) is 7.58. The summed E-state index contributed by atoms with van der Waals surface area (Å²) in [4.78, 5) is 24.4. The highest BCUT2D eigenvalue weighted by molar-refractivity contribution is 5.92. The van der Waals surface area contributed by atoms with Crippen molar-refractivity contribution in [1.29, 1.82) is 0 Å². The van der Waals surface area contributed by atoms with Gasteiger partial charge in [0.05, 0.1) is 12.1 Å². The number of amides is 1. The van der Waals surface area contributed by atoms with E-state index < -0.39 is 10.8 Å². The molecule has 0 bridgehead atoms. The van der Waals surface area contributed by atoms with Gasteiger partial charge < -0.3 is 18.8 Å². The van der Waals surface area contributed by atoms with Gasteiger partial charge in [0.15, 0.2) is 17.3 Å². The summed E-state index contributed by atoms with van der Waals surface area (Å²) in [7, 11) is 0. The van der Waals surface area contributed by atoms with Crippen LogP contribution in [-0.2, 0) is 0 Å². The zero-order valence-corrected chi connectivity index (χ0v) is 12.6. The minimum atomic E-state index is -0.657. The summed E-state index contributed by atoms with van der Waals surface area (Å²) in [6, 6.07) is 8.04. The molecule has 1 aromatic carbocycles. The van der Waals surface area contributed by atoms with Gasteiger partial charge in [0.25, 0.3) is 5.91 Å². The highest BCUT2D eigenvalue weighted by Gasteiger charge is 2.33. The molecule has 2 aliphatic rings. The average Bonchev–Trinajstić information content (AvgIpc) is 3.31. The molecule has 124 valence electrons. The van der Waals surface area contributed by atoms with Gasteiger partial charge in [-0.05, 0) is 36.6 Å². The minimum Gasteiger partial charge on any atom is -0.454 e. The van der Waals surface area contributed by atoms with Crippen molar-refractivity contribution in [2.75, 3.05) is 13.3 Å². The number of nitro groups is 1. The molecule has 0 aliphatic carbocycles. The van der Waals surface area contributed by atoms with Crippen LogP contribution >= 0.6 is 0 Å². The van der Waals surface area contributed by atoms with Crippen molar-refractivity contribution in [3.05, 3.63) is 51.8 Å². The molecule has 24 heavy (non-hydrogen) atoms. The van der Waals surface area contributed by atoms with E-state index in [0.29, 0.717) is 18.0 Å². The monoisotopic (exact) mass is 330 g/mol. The van der Waals surface area contributed by atoms with Crippen LogP contribution < -0.4 is 9.47 Å². The second-order valence-corrected chi connectivity index (χ2v) is 5.66. The molecule has 2 aromatic rings. The number of furan rings is 1. The molecule has 8 nitrogen and oxygen atoms in total. The number of carbonyl (C=O) groups excluding carboxylic acids is 1. The maximum absolute atomic E-state index is 12.7. The molecule has 0 spiro atoms. The number of hydrogen-bond donors (Lipinski definition) is 0. The minimum absolute atomic E-state index is 0.0191. The Labute approximate surface area is 136 Å². The topological polar surface area (TPSA) is 95.0 Å². The van der Waals surface area contributed by atoms with Gasteiger partial charge in [-0.15, -0.1) is 0 Å². The molecule has 2 aliphatic heterocycles. The SMILES string of the molecule is O=C(c1ccc([N+](=O)[O-])o1)N1CCC[C@H]1c1ccc2c(c1)OCO2. The number of hydrogen-bond acceptors (Lipinski definition) is 6. The van der Waals surface area contributed by atoms with Crippen LogP contribution in [0.4, 0.5) is 5.88 Å². The first-order valence-corrected chi connectivity index (χ1v) is 7.58. The number of ether oxygens (including phenoxy) is 2. The average molecular weight is 330 g/mol. The van der Waals surface area contributed by atoms with Crippen LogP contribution in [0.2, 0.25) is 0 Å². The summed E-state index contributed by atoms with van der Waals surface area (Å²) in [5.41, 5.74) is 0.950. The van der Waals surface area contributed by atoms with E-state index in [1.165, 1.54) is 12.1 Å². The van der Waals surface area contributed by atoms with Crippen molar-refractivity contribution in [2.24, 2.45) is 0 Å². The summed E-state index contributed by atoms with van der Waals surface area (Å²) in [6.45, 7) is 0.772. The quantitative estimate of drug-likeness (QED) is 0.634. The predicted molar refractivity (Wildman–Crippen MR) is 80.9 cm³/mol. The van der Waals surface area contributed by atoms with Crippen LogP contribution in [0.15, 0.2) is 34.7 Å². The molecule has 8 heteroatoms. The lowest BCUT2D eigenvalue weighted by molar-refractivity contribution is -0.402. The van der Waals surface area contributed by atoms with Gasteiger partial charge in [-0.2, -0.15) is 0 Å². The van der Waals surface area contributed by atoms with Crippen molar-refractivity contribution in [1.82, 2.24) is 4.90 Å². The standard InChI is InChI=1S/C16H14N2O6/c19-16(13-5-6-15(24-13)18(20)21)17-7-1-2-11(17)10-3-4-12-14(8-10)23-9-22-12/h3-6,8,11H,1-2,7,9H2/t11-/m0/s1. The van der Waals surface area contributed by atoms with Crippen LogP contribution in [0, 0.1) is 10.1 Å². The predicted octanol–water partition coefficient (Wildman–Crippen LogP) is 2.89. The Morgan fingerprint density at radius 3 is 2.83 bits per heavy atom. The molecule has 1 aromatic heterocycles. The van der Waals surface area contributed by atoms with E-state index in [2.05, 4.69) is 0 Å². The van der Waals surface area contributed by atoms with Crippen molar-refractivity contribution >= 4 is 11.8 Å². The summed E-state index contributed by atoms with van der Waals surface area (Å²) in [6.07, 6.45) is 1.67. The van der Waals surface area contributed by atoms with Gasteiger partial charge in [0.1, 0.15) is 4.92 Å². The smallest absolute Gasteiger partial charge is 0.433 e. The molecule has 1 atom stereocenters. The highest BCUT2D eigenvalue weighted by atomic mass is 16.7. The normalized spacial score (nSPS) is 18.8. The molecule has 0 unspecified atom stereocenters. The van der Waals surface area contributed by atoms with Gasteiger partial charge in [0, 0.05) is 6.54 Å². The first-order chi connectivity index (χ1) is 11.6. The maximum atomic E-state index is 12.7. The van der Waals surface area contributed by atoms with Crippen molar-refractivity contribution in [3.8, 4) is 11.5 Å². The van der Waals surface area contributed by atoms with E-state index in [1.54, 1.807) is 4.90 Å². The molecular weight excluding hydrogens is 316 g/mol. The third kappa shape index (κ3) is 2.36. The lowest BCUT2D eigenvalue weighted by Gasteiger charge is -2.24. The van der Waals surface area contributed by atoms with E-state index in [0.717, 1.165) is 18.4 Å². The second-order valence-electron chi connectivity index (χ2n) is 5.66. The van der Waals surface area contributed by atoms with Crippen LogP contribution in [0.5, 0.6) is 11.5 Å². The van der Waals surface area contributed by atoms with Crippen LogP contribution in [0.1, 0.15) is 35.0 Å². The molecule has 0 saturated carbocycles. The van der Waals surface area contributed by atoms with Crippen molar-refractivity contribution < 1.29 is 23.6 Å². The van der Waals surface area contributed by atoms with E-state index in [9.17, 15) is 14.9 Å². The zero-order valence-electron chi connectivity index (χ0n) is 12.6. The number of likely N-dealkylation sites (tertiary alicyclic amines) is 1. The molecule has 3 heterocycles. The Morgan fingerprint density at radius 2 is 2.04 bits per heavy atom. The van der Waals surface area contributed by atoms with Crippen LogP contribution in [0.25, 0.3) is 0 Å². The van der Waals surface area contributed by atoms with Crippen LogP contribution in [-0.4, -0.2) is 29.1 Å². The lowest BCUT2D eigenvalue weighted by Crippen LogP contribution is -2.30. The molecular formula is C16H14N2O6. The van der Waals surface area contributed by atoms with E-state index in [4.69, 9.17) is 13.9 Å². The molecule has 0 N–H and O–H groups in total. The van der Waals surface area contributed by atoms with E-state index >= 15 is 0 Å². The summed E-state index contributed by atoms with van der Waals surface area (Å²) >= 11 is 0. The van der Waals surface area contributed by atoms with Gasteiger partial charge >= 0.3 is 5.88 Å². The van der Waals surface area contributed by atoms with E-state index in [1.807, 2.05) is 18.2 Å². The van der Waals surface area contributed by atoms with Crippen LogP contribution in [0.3, 0.4) is 0 Å². The third-order valence-electron chi connectivity index (χ3n) is 4.28. The highest BCUT2D eigenvalue weighted by Crippen LogP contribution is 2.39. The van der Waals surface area contributed by atoms with Gasteiger partial charge in [-0.25, -0.2) is 0 Å². The molecule has 1 fully saturated rings. The van der Waals surface area contributed by atoms with E-state index in [-0.39, 0.29) is 24.5 Å². The fraction of sp³-hybridized carbons (Fsp3) is 0.312. The zero-order chi connectivity index (χ0) is 16.7. The largest absolute Gasteiger partial charge is 0.454 e. The third-order valence-corrected chi connectivity index (χ3v) is 4.28. The second kappa shape index (κ2) is 5.55. The number of carbonyl (C=O) groups is 1. The van der Waals surface area contributed by atoms with Gasteiger partial charge in [-0.1, -0.05) is 6.07 Å². The fourth-order valence-corrected chi connectivity index (χ4v) is 3.16. The molecule has 1 saturated heterocycles. The molecule has 0 radical (unpaired) electrons. The van der Waals surface area contributed by atoms with Gasteiger partial charge in [0.2, 0.25) is 6.79 Å². The molecule has 4 rings (SSSR count). The summed E-state index contributed by atoms with van der Waals surface area (Å²) in [5, 5.41) is 10.7. The Kier molecular flexibility index (Phi) is 3.37. The molecule has 1 amide bonds. The Morgan fingerprint density at radius 1 is 1.21 bits per heavy atom. The Balaban J connectivity index is 1.60. The maximum Gasteiger partial charge on any atom is 0.433 e. The lowest BCUT2D eigenvalue weighted by atomic mass is 10.0. The number of rotatable bonds is 3. The summed E-state index contributed by atoms with van der Waals surface area (Å²) < 4.78 is 15.7. The Hall–Kier alpha value is -3.03. The fourth-order valence-electron chi connectivity index (χ4n) is 3.16.